The van der Waals surface area contributed by atoms with Crippen LogP contribution in [0.25, 0.3) is 11.4 Å². The minimum Gasteiger partial charge on any atom is -0.368 e. The molecule has 0 saturated heterocycles. The average molecular weight is 242 g/mol. The molecule has 0 aliphatic rings. The number of nitrogens with zero attached hydrogens (tertiary/aromatic N) is 3. The van der Waals surface area contributed by atoms with Crippen molar-refractivity contribution in [3.05, 3.63) is 36.2 Å². The quantitative estimate of drug-likeness (QED) is 0.819. The van der Waals surface area contributed by atoms with Crippen molar-refractivity contribution in [1.82, 2.24) is 15.0 Å². The van der Waals surface area contributed by atoms with Crippen LogP contribution in [0.2, 0.25) is 0 Å². The van der Waals surface area contributed by atoms with E-state index in [4.69, 9.17) is 5.73 Å². The van der Waals surface area contributed by atoms with Gasteiger partial charge in [0.2, 0.25) is 5.95 Å². The van der Waals surface area contributed by atoms with E-state index in [-0.39, 0.29) is 0 Å². The predicted octanol–water partition coefficient (Wildman–Crippen LogP) is 2.85. The van der Waals surface area contributed by atoms with Crippen molar-refractivity contribution < 1.29 is 0 Å². The first-order valence-electron chi connectivity index (χ1n) is 6.35. The predicted molar refractivity (Wildman–Crippen MR) is 72.9 cm³/mol. The van der Waals surface area contributed by atoms with E-state index in [1.54, 1.807) is 0 Å². The Balaban J connectivity index is 2.21. The van der Waals surface area contributed by atoms with Crippen molar-refractivity contribution in [2.24, 2.45) is 0 Å². The van der Waals surface area contributed by atoms with Crippen molar-refractivity contribution in [2.75, 3.05) is 5.73 Å². The van der Waals surface area contributed by atoms with E-state index in [1.807, 2.05) is 30.3 Å². The van der Waals surface area contributed by atoms with Gasteiger partial charge in [-0.1, -0.05) is 50.1 Å². The molecule has 0 amide bonds. The highest BCUT2D eigenvalue weighted by Crippen LogP contribution is 2.15. The van der Waals surface area contributed by atoms with Gasteiger partial charge in [0.05, 0.1) is 0 Å². The maximum absolute atomic E-state index is 5.74. The SMILES string of the molecule is CCCCCc1nc(N)nc(-c2ccccc2)n1. The second kappa shape index (κ2) is 6.10. The van der Waals surface area contributed by atoms with Crippen LogP contribution in [0.1, 0.15) is 32.0 Å². The van der Waals surface area contributed by atoms with E-state index in [1.165, 1.54) is 12.8 Å². The smallest absolute Gasteiger partial charge is 0.223 e. The molecule has 0 aliphatic carbocycles. The number of nitrogen functional groups attached to an aromatic ring is 1. The fourth-order valence-electron chi connectivity index (χ4n) is 1.80. The zero-order valence-electron chi connectivity index (χ0n) is 10.6. The Morgan fingerprint density at radius 3 is 2.50 bits per heavy atom. The molecule has 18 heavy (non-hydrogen) atoms. The monoisotopic (exact) mass is 242 g/mol. The Kier molecular flexibility index (Phi) is 4.23. The summed E-state index contributed by atoms with van der Waals surface area (Å²) >= 11 is 0. The second-order valence-electron chi connectivity index (χ2n) is 4.26. The van der Waals surface area contributed by atoms with Gasteiger partial charge in [0, 0.05) is 12.0 Å². The molecule has 0 bridgehead atoms. The number of aryl methyl sites for hydroxylation is 1. The molecule has 1 aromatic carbocycles. The second-order valence-corrected chi connectivity index (χ2v) is 4.26. The summed E-state index contributed by atoms with van der Waals surface area (Å²) in [7, 11) is 0. The van der Waals surface area contributed by atoms with Gasteiger partial charge in [-0.15, -0.1) is 0 Å². The minimum absolute atomic E-state index is 0.301. The number of nitrogens with two attached hydrogens (primary N) is 1. The van der Waals surface area contributed by atoms with Gasteiger partial charge in [-0.2, -0.15) is 9.97 Å². The Bertz CT molecular complexity index is 496. The number of hydrogen-bond donors (Lipinski definition) is 1. The Hall–Kier alpha value is -1.97. The first-order chi connectivity index (χ1) is 8.79. The Morgan fingerprint density at radius 2 is 1.78 bits per heavy atom. The van der Waals surface area contributed by atoms with Crippen molar-refractivity contribution >= 4 is 5.95 Å². The fraction of sp³-hybridized carbons (Fsp3) is 0.357. The molecule has 2 aromatic rings. The summed E-state index contributed by atoms with van der Waals surface area (Å²) in [5.41, 5.74) is 6.71. The molecule has 0 aliphatic heterocycles. The van der Waals surface area contributed by atoms with Crippen LogP contribution in [-0.4, -0.2) is 15.0 Å². The standard InChI is InChI=1S/C14H18N4/c1-2-3-5-10-12-16-13(18-14(15)17-12)11-8-6-4-7-9-11/h4,6-9H,2-3,5,10H2,1H3,(H2,15,16,17,18). The highest BCUT2D eigenvalue weighted by molar-refractivity contribution is 5.55. The van der Waals surface area contributed by atoms with Crippen LogP contribution in [0.5, 0.6) is 0 Å². The lowest BCUT2D eigenvalue weighted by Crippen LogP contribution is -2.05. The summed E-state index contributed by atoms with van der Waals surface area (Å²) in [5.74, 6) is 1.75. The number of hydrogen-bond acceptors (Lipinski definition) is 4. The summed E-state index contributed by atoms with van der Waals surface area (Å²) in [6.45, 7) is 2.18. The van der Waals surface area contributed by atoms with Gasteiger partial charge in [-0.25, -0.2) is 4.98 Å². The van der Waals surface area contributed by atoms with Gasteiger partial charge < -0.3 is 5.73 Å². The molecular weight excluding hydrogens is 224 g/mol. The first kappa shape index (κ1) is 12.5. The molecule has 0 unspecified atom stereocenters. The van der Waals surface area contributed by atoms with Gasteiger partial charge >= 0.3 is 0 Å². The number of rotatable bonds is 5. The van der Waals surface area contributed by atoms with Crippen LogP contribution in [0.3, 0.4) is 0 Å². The Labute approximate surface area is 107 Å². The van der Waals surface area contributed by atoms with E-state index >= 15 is 0 Å². The Morgan fingerprint density at radius 1 is 1.00 bits per heavy atom. The van der Waals surface area contributed by atoms with Crippen molar-refractivity contribution in [2.45, 2.75) is 32.6 Å². The summed E-state index contributed by atoms with van der Waals surface area (Å²) in [4.78, 5) is 12.8. The molecule has 4 heteroatoms. The van der Waals surface area contributed by atoms with Crippen LogP contribution in [0.15, 0.2) is 30.3 Å². The summed E-state index contributed by atoms with van der Waals surface area (Å²) < 4.78 is 0. The van der Waals surface area contributed by atoms with E-state index in [0.717, 1.165) is 24.2 Å². The zero-order chi connectivity index (χ0) is 12.8. The molecule has 1 heterocycles. The molecule has 4 nitrogen and oxygen atoms in total. The van der Waals surface area contributed by atoms with Crippen LogP contribution in [0.4, 0.5) is 5.95 Å². The van der Waals surface area contributed by atoms with E-state index < -0.39 is 0 Å². The molecule has 0 spiro atoms. The third kappa shape index (κ3) is 3.26. The largest absolute Gasteiger partial charge is 0.368 e. The molecule has 1 aromatic heterocycles. The molecule has 0 fully saturated rings. The molecule has 2 N–H and O–H groups in total. The number of anilines is 1. The van der Waals surface area contributed by atoms with Gasteiger partial charge in [0.15, 0.2) is 5.82 Å². The lowest BCUT2D eigenvalue weighted by atomic mass is 10.2. The van der Waals surface area contributed by atoms with Crippen LogP contribution < -0.4 is 5.73 Å². The summed E-state index contributed by atoms with van der Waals surface area (Å²) in [6, 6.07) is 9.85. The molecule has 2 rings (SSSR count). The maximum atomic E-state index is 5.74. The van der Waals surface area contributed by atoms with E-state index in [0.29, 0.717) is 11.8 Å². The summed E-state index contributed by atoms with van der Waals surface area (Å²) in [5, 5.41) is 0. The minimum atomic E-state index is 0.301. The van der Waals surface area contributed by atoms with E-state index in [9.17, 15) is 0 Å². The molecule has 0 radical (unpaired) electrons. The van der Waals surface area contributed by atoms with Crippen LogP contribution >= 0.6 is 0 Å². The number of aromatic nitrogens is 3. The van der Waals surface area contributed by atoms with Crippen molar-refractivity contribution in [3.8, 4) is 11.4 Å². The number of benzene rings is 1. The van der Waals surface area contributed by atoms with Gasteiger partial charge in [-0.3, -0.25) is 0 Å². The van der Waals surface area contributed by atoms with E-state index in [2.05, 4.69) is 21.9 Å². The molecule has 0 saturated carbocycles. The van der Waals surface area contributed by atoms with Crippen molar-refractivity contribution in [3.63, 3.8) is 0 Å². The molecule has 94 valence electrons. The lowest BCUT2D eigenvalue weighted by Gasteiger charge is -2.04. The molecular formula is C14H18N4. The normalized spacial score (nSPS) is 10.5. The third-order valence-corrected chi connectivity index (χ3v) is 2.73. The average Bonchev–Trinajstić information content (AvgIpc) is 2.39. The highest BCUT2D eigenvalue weighted by Gasteiger charge is 2.06. The topological polar surface area (TPSA) is 64.7 Å². The first-order valence-corrected chi connectivity index (χ1v) is 6.35. The van der Waals surface area contributed by atoms with Crippen molar-refractivity contribution in [1.29, 1.82) is 0 Å². The zero-order valence-corrected chi connectivity index (χ0v) is 10.6. The highest BCUT2D eigenvalue weighted by atomic mass is 15.1. The number of unbranched alkanes of at least 4 members (excludes halogenated alkanes) is 2. The van der Waals surface area contributed by atoms with Gasteiger partial charge in [-0.05, 0) is 6.42 Å². The van der Waals surface area contributed by atoms with Gasteiger partial charge in [0.25, 0.3) is 0 Å². The van der Waals surface area contributed by atoms with Crippen LogP contribution in [0, 0.1) is 0 Å². The van der Waals surface area contributed by atoms with Gasteiger partial charge in [0.1, 0.15) is 5.82 Å². The lowest BCUT2D eigenvalue weighted by molar-refractivity contribution is 0.692. The third-order valence-electron chi connectivity index (χ3n) is 2.73. The molecule has 0 atom stereocenters. The van der Waals surface area contributed by atoms with Crippen LogP contribution in [-0.2, 0) is 6.42 Å². The fourth-order valence-corrected chi connectivity index (χ4v) is 1.80. The maximum Gasteiger partial charge on any atom is 0.223 e. The summed E-state index contributed by atoms with van der Waals surface area (Å²) in [6.07, 6.45) is 4.33.